The standard InChI is InChI=1S/C20H28O3/c1-4-10-20(23)12-15-7-6-14-11-16(21)8-9-17(14)19(15,5-2)13-18(20,3)22/h4,8-11,15,21-23H,5-7,12-13H2,1-3H3/t15-,18-,19-,20+/m1/s1. The van der Waals surface area contributed by atoms with E-state index in [9.17, 15) is 15.3 Å². The fourth-order valence-electron chi connectivity index (χ4n) is 5.13. The van der Waals surface area contributed by atoms with E-state index in [1.54, 1.807) is 19.1 Å². The number of allylic oxidation sites excluding steroid dienone is 1. The Labute approximate surface area is 138 Å². The van der Waals surface area contributed by atoms with E-state index in [2.05, 4.69) is 6.92 Å². The quantitative estimate of drug-likeness (QED) is 0.732. The molecule has 0 saturated heterocycles. The number of benzene rings is 1. The van der Waals surface area contributed by atoms with Crippen LogP contribution in [0.15, 0.2) is 30.4 Å². The van der Waals surface area contributed by atoms with Crippen LogP contribution in [-0.2, 0) is 11.8 Å². The first-order valence-corrected chi connectivity index (χ1v) is 8.69. The lowest BCUT2D eigenvalue weighted by atomic mass is 9.49. The lowest BCUT2D eigenvalue weighted by Gasteiger charge is -2.58. The second-order valence-electron chi connectivity index (χ2n) is 7.67. The van der Waals surface area contributed by atoms with E-state index in [4.69, 9.17) is 0 Å². The zero-order chi connectivity index (χ0) is 16.9. The number of rotatable bonds is 2. The molecule has 3 rings (SSSR count). The smallest absolute Gasteiger partial charge is 0.115 e. The van der Waals surface area contributed by atoms with E-state index in [-0.39, 0.29) is 5.41 Å². The van der Waals surface area contributed by atoms with Gasteiger partial charge in [0.25, 0.3) is 0 Å². The predicted octanol–water partition coefficient (Wildman–Crippen LogP) is 3.45. The molecular weight excluding hydrogens is 288 g/mol. The molecule has 0 aromatic heterocycles. The van der Waals surface area contributed by atoms with Gasteiger partial charge in [0.1, 0.15) is 11.4 Å². The molecule has 1 aromatic carbocycles. The Morgan fingerprint density at radius 3 is 2.70 bits per heavy atom. The van der Waals surface area contributed by atoms with Gasteiger partial charge in [-0.1, -0.05) is 25.1 Å². The molecule has 23 heavy (non-hydrogen) atoms. The highest BCUT2D eigenvalue weighted by atomic mass is 16.4. The van der Waals surface area contributed by atoms with Crippen molar-refractivity contribution in [2.24, 2.45) is 5.92 Å². The van der Waals surface area contributed by atoms with Crippen molar-refractivity contribution in [3.63, 3.8) is 0 Å². The van der Waals surface area contributed by atoms with Crippen LogP contribution in [0.2, 0.25) is 0 Å². The third kappa shape index (κ3) is 2.33. The molecular formula is C20H28O3. The Balaban J connectivity index is 2.12. The summed E-state index contributed by atoms with van der Waals surface area (Å²) < 4.78 is 0. The average Bonchev–Trinajstić information content (AvgIpc) is 2.48. The van der Waals surface area contributed by atoms with Gasteiger partial charge < -0.3 is 15.3 Å². The van der Waals surface area contributed by atoms with Gasteiger partial charge in [-0.2, -0.15) is 0 Å². The molecule has 0 bridgehead atoms. The van der Waals surface area contributed by atoms with Gasteiger partial charge >= 0.3 is 0 Å². The van der Waals surface area contributed by atoms with E-state index in [0.29, 0.717) is 24.5 Å². The van der Waals surface area contributed by atoms with Crippen LogP contribution in [0.4, 0.5) is 0 Å². The molecule has 4 atom stereocenters. The van der Waals surface area contributed by atoms with Gasteiger partial charge in [-0.25, -0.2) is 0 Å². The second-order valence-corrected chi connectivity index (χ2v) is 7.67. The lowest BCUT2D eigenvalue weighted by molar-refractivity contribution is -0.173. The zero-order valence-corrected chi connectivity index (χ0v) is 14.3. The Bertz CT molecular complexity index is 634. The first kappa shape index (κ1) is 16.5. The van der Waals surface area contributed by atoms with Crippen LogP contribution >= 0.6 is 0 Å². The fraction of sp³-hybridized carbons (Fsp3) is 0.600. The van der Waals surface area contributed by atoms with Gasteiger partial charge in [0.15, 0.2) is 0 Å². The van der Waals surface area contributed by atoms with Gasteiger partial charge in [-0.3, -0.25) is 0 Å². The third-order valence-corrected chi connectivity index (χ3v) is 6.39. The first-order chi connectivity index (χ1) is 10.8. The number of hydrogen-bond acceptors (Lipinski definition) is 3. The molecule has 3 nitrogen and oxygen atoms in total. The topological polar surface area (TPSA) is 60.7 Å². The first-order valence-electron chi connectivity index (χ1n) is 8.69. The van der Waals surface area contributed by atoms with Crippen LogP contribution in [-0.4, -0.2) is 26.5 Å². The summed E-state index contributed by atoms with van der Waals surface area (Å²) in [6.45, 7) is 5.81. The second kappa shape index (κ2) is 5.35. The predicted molar refractivity (Wildman–Crippen MR) is 91.5 cm³/mol. The van der Waals surface area contributed by atoms with E-state index in [1.165, 1.54) is 11.1 Å². The van der Waals surface area contributed by atoms with Gasteiger partial charge in [0.2, 0.25) is 0 Å². The number of fused-ring (bicyclic) bond motifs is 3. The summed E-state index contributed by atoms with van der Waals surface area (Å²) in [6, 6.07) is 5.64. The van der Waals surface area contributed by atoms with Crippen LogP contribution in [0.3, 0.4) is 0 Å². The lowest BCUT2D eigenvalue weighted by Crippen LogP contribution is -2.63. The molecule has 1 aromatic rings. The third-order valence-electron chi connectivity index (χ3n) is 6.39. The Morgan fingerprint density at radius 2 is 2.04 bits per heavy atom. The summed E-state index contributed by atoms with van der Waals surface area (Å²) in [7, 11) is 0. The average molecular weight is 316 g/mol. The number of aromatic hydroxyl groups is 1. The molecule has 3 heteroatoms. The largest absolute Gasteiger partial charge is 0.508 e. The van der Waals surface area contributed by atoms with Crippen molar-refractivity contribution in [1.29, 1.82) is 0 Å². The van der Waals surface area contributed by atoms with E-state index in [0.717, 1.165) is 19.3 Å². The van der Waals surface area contributed by atoms with Gasteiger partial charge in [0.05, 0.1) is 5.60 Å². The van der Waals surface area contributed by atoms with E-state index < -0.39 is 11.2 Å². The van der Waals surface area contributed by atoms with Crippen molar-refractivity contribution in [1.82, 2.24) is 0 Å². The van der Waals surface area contributed by atoms with E-state index >= 15 is 0 Å². The summed E-state index contributed by atoms with van der Waals surface area (Å²) in [4.78, 5) is 0. The normalized spacial score (nSPS) is 40.0. The summed E-state index contributed by atoms with van der Waals surface area (Å²) in [6.07, 6.45) is 7.56. The van der Waals surface area contributed by atoms with Crippen molar-refractivity contribution in [3.8, 4) is 5.75 Å². The molecule has 0 unspecified atom stereocenters. The summed E-state index contributed by atoms with van der Waals surface area (Å²) in [5, 5.41) is 32.0. The van der Waals surface area contributed by atoms with Crippen LogP contribution < -0.4 is 0 Å². The molecule has 2 aliphatic carbocycles. The van der Waals surface area contributed by atoms with Crippen molar-refractivity contribution in [3.05, 3.63) is 41.5 Å². The highest BCUT2D eigenvalue weighted by Gasteiger charge is 2.59. The number of phenols is 1. The minimum Gasteiger partial charge on any atom is -0.508 e. The number of hydrogen-bond donors (Lipinski definition) is 3. The molecule has 0 amide bonds. The molecule has 0 heterocycles. The van der Waals surface area contributed by atoms with E-state index in [1.807, 2.05) is 25.1 Å². The Kier molecular flexibility index (Phi) is 3.85. The van der Waals surface area contributed by atoms with Crippen molar-refractivity contribution < 1.29 is 15.3 Å². The minimum atomic E-state index is -1.17. The SMILES string of the molecule is CC=C[C@]1(O)C[C@H]2CCc3cc(O)ccc3[C@]2(CC)C[C@@]1(C)O. The number of aryl methyl sites for hydroxylation is 1. The maximum atomic E-state index is 11.1. The van der Waals surface area contributed by atoms with Gasteiger partial charge in [0, 0.05) is 5.41 Å². The Hall–Kier alpha value is -1.32. The highest BCUT2D eigenvalue weighted by molar-refractivity contribution is 5.44. The molecule has 0 spiro atoms. The fourth-order valence-corrected chi connectivity index (χ4v) is 5.13. The van der Waals surface area contributed by atoms with Crippen LogP contribution in [0.1, 0.15) is 57.6 Å². The molecule has 3 N–H and O–H groups in total. The van der Waals surface area contributed by atoms with Crippen molar-refractivity contribution in [2.75, 3.05) is 0 Å². The molecule has 1 saturated carbocycles. The highest BCUT2D eigenvalue weighted by Crippen LogP contribution is 2.57. The maximum Gasteiger partial charge on any atom is 0.115 e. The van der Waals surface area contributed by atoms with Gasteiger partial charge in [-0.15, -0.1) is 0 Å². The summed E-state index contributed by atoms with van der Waals surface area (Å²) >= 11 is 0. The summed E-state index contributed by atoms with van der Waals surface area (Å²) in [5.74, 6) is 0.646. The van der Waals surface area contributed by atoms with Gasteiger partial charge in [-0.05, 0) is 75.1 Å². The van der Waals surface area contributed by atoms with Crippen LogP contribution in [0.25, 0.3) is 0 Å². The number of phenolic OH excluding ortho intramolecular Hbond substituents is 1. The monoisotopic (exact) mass is 316 g/mol. The van der Waals surface area contributed by atoms with Crippen molar-refractivity contribution in [2.45, 2.75) is 69.5 Å². The molecule has 0 aliphatic heterocycles. The van der Waals surface area contributed by atoms with Crippen LogP contribution in [0.5, 0.6) is 5.75 Å². The maximum absolute atomic E-state index is 11.1. The molecule has 2 aliphatic rings. The summed E-state index contributed by atoms with van der Waals surface area (Å²) in [5.41, 5.74) is -0.0244. The molecule has 0 radical (unpaired) electrons. The Morgan fingerprint density at radius 1 is 1.30 bits per heavy atom. The minimum absolute atomic E-state index is 0.126. The van der Waals surface area contributed by atoms with Crippen LogP contribution in [0, 0.1) is 5.92 Å². The zero-order valence-electron chi connectivity index (χ0n) is 14.3. The number of aliphatic hydroxyl groups is 2. The molecule has 1 fully saturated rings. The van der Waals surface area contributed by atoms with Crippen molar-refractivity contribution >= 4 is 0 Å². The molecule has 126 valence electrons.